The maximum atomic E-state index is 3.43. The van der Waals surface area contributed by atoms with Crippen molar-refractivity contribution in [2.24, 2.45) is 0 Å². The van der Waals surface area contributed by atoms with Gasteiger partial charge in [-0.15, -0.1) is 11.3 Å². The summed E-state index contributed by atoms with van der Waals surface area (Å²) in [7, 11) is 0. The van der Waals surface area contributed by atoms with Crippen LogP contribution >= 0.6 is 11.3 Å². The van der Waals surface area contributed by atoms with Gasteiger partial charge in [-0.2, -0.15) is 0 Å². The summed E-state index contributed by atoms with van der Waals surface area (Å²) in [4.78, 5) is 2.40. The van der Waals surface area contributed by atoms with Crippen molar-refractivity contribution in [2.45, 2.75) is 12.3 Å². The number of hydrogen-bond donors (Lipinski definition) is 0. The van der Waals surface area contributed by atoms with Crippen LogP contribution in [0.4, 0.5) is 17.1 Å². The Kier molecular flexibility index (Phi) is 9.10. The molecular weight excluding hydrogens is 781 g/mol. The molecule has 0 aliphatic heterocycles. The highest BCUT2D eigenvalue weighted by Crippen LogP contribution is 2.43. The second-order valence-corrected chi connectivity index (χ2v) is 17.4. The molecule has 1 unspecified atom stereocenters. The summed E-state index contributed by atoms with van der Waals surface area (Å²) in [6, 6.07) is 79.8. The van der Waals surface area contributed by atoms with Gasteiger partial charge >= 0.3 is 0 Å². The Bertz CT molecular complexity index is 3520. The van der Waals surface area contributed by atoms with Crippen LogP contribution in [0.25, 0.3) is 81.0 Å². The summed E-state index contributed by atoms with van der Waals surface area (Å²) in [6.07, 6.45) is 9.90. The van der Waals surface area contributed by atoms with Gasteiger partial charge in [-0.05, 0) is 142 Å². The summed E-state index contributed by atoms with van der Waals surface area (Å²) >= 11 is 1.86. The van der Waals surface area contributed by atoms with Crippen LogP contribution in [0.3, 0.4) is 0 Å². The normalized spacial score (nSPS) is 13.6. The molecule has 0 spiro atoms. The highest BCUT2D eigenvalue weighted by molar-refractivity contribution is 7.25. The second kappa shape index (κ2) is 15.5. The molecule has 0 radical (unpaired) electrons. The lowest BCUT2D eigenvalue weighted by atomic mass is 9.92. The molecule has 0 amide bonds. The Morgan fingerprint density at radius 3 is 1.83 bits per heavy atom. The monoisotopic (exact) mass is 820 g/mol. The van der Waals surface area contributed by atoms with Crippen molar-refractivity contribution in [3.8, 4) is 39.1 Å². The van der Waals surface area contributed by atoms with Crippen LogP contribution in [0.2, 0.25) is 0 Å². The lowest BCUT2D eigenvalue weighted by Gasteiger charge is -2.26. The molecule has 0 fully saturated rings. The van der Waals surface area contributed by atoms with Crippen molar-refractivity contribution in [3.05, 3.63) is 242 Å². The van der Waals surface area contributed by atoms with Crippen LogP contribution in [-0.2, 0) is 0 Å². The van der Waals surface area contributed by atoms with Gasteiger partial charge in [-0.1, -0.05) is 140 Å². The Morgan fingerprint density at radius 2 is 1.08 bits per heavy atom. The molecule has 1 atom stereocenters. The van der Waals surface area contributed by atoms with E-state index in [1.165, 1.54) is 64.5 Å². The third-order valence-electron chi connectivity index (χ3n) is 12.6. The maximum absolute atomic E-state index is 3.43. The Hall–Kier alpha value is -7.90. The first-order chi connectivity index (χ1) is 31.2. The molecule has 1 aliphatic carbocycles. The summed E-state index contributed by atoms with van der Waals surface area (Å²) in [5, 5.41) is 4.79. The zero-order valence-corrected chi connectivity index (χ0v) is 35.3. The molecule has 2 aromatic heterocycles. The Labute approximate surface area is 371 Å². The van der Waals surface area contributed by atoms with Gasteiger partial charge in [0.05, 0.1) is 16.4 Å². The summed E-state index contributed by atoms with van der Waals surface area (Å²) < 4.78 is 4.89. The van der Waals surface area contributed by atoms with Crippen LogP contribution in [0.1, 0.15) is 17.9 Å². The summed E-state index contributed by atoms with van der Waals surface area (Å²) in [5.41, 5.74) is 15.3. The molecule has 9 aromatic carbocycles. The lowest BCUT2D eigenvalue weighted by Crippen LogP contribution is -2.10. The van der Waals surface area contributed by atoms with E-state index in [4.69, 9.17) is 0 Å². The highest BCUT2D eigenvalue weighted by atomic mass is 32.1. The first kappa shape index (κ1) is 36.9. The van der Waals surface area contributed by atoms with Crippen molar-refractivity contribution >= 4 is 70.4 Å². The number of benzene rings is 8. The topological polar surface area (TPSA) is 8.17 Å². The smallest absolute Gasteiger partial charge is 0.0631 e. The van der Waals surface area contributed by atoms with Crippen molar-refractivity contribution in [1.29, 1.82) is 0 Å². The number of nitrogens with zero attached hydrogens (tertiary/aromatic N) is 2. The molecule has 0 saturated carbocycles. The number of thiophene rings is 1. The largest absolute Gasteiger partial charge is 0.310 e. The van der Waals surface area contributed by atoms with Crippen LogP contribution in [0.5, 0.6) is 0 Å². The van der Waals surface area contributed by atoms with Crippen LogP contribution in [-0.4, -0.2) is 4.57 Å². The van der Waals surface area contributed by atoms with E-state index in [2.05, 4.69) is 240 Å². The first-order valence-corrected chi connectivity index (χ1v) is 22.4. The predicted octanol–water partition coefficient (Wildman–Crippen LogP) is 16.8. The second-order valence-electron chi connectivity index (χ2n) is 16.3. The Morgan fingerprint density at radius 1 is 0.476 bits per heavy atom. The molecule has 0 saturated heterocycles. The third-order valence-corrected chi connectivity index (χ3v) is 13.7. The van der Waals surface area contributed by atoms with E-state index < -0.39 is 0 Å². The molecule has 2 nitrogen and oxygen atoms in total. The molecule has 63 heavy (non-hydrogen) atoms. The standard InChI is InChI=1S/C60H40N2S/c1-4-13-41(14-5-1)43-23-29-50(30-24-43)61(51-31-25-44(26-32-51)42-15-6-2-7-16-42)52-33-36-60-56(40-52)55-39-48(28-35-59(55)63-60)46-18-12-17-45(37-46)47-27-34-58-54(38-47)53-21-10-11-22-57(53)62(58)49-19-8-3-9-20-49/h1-9,11-15,17-20,22-40,42H,16H2. The molecule has 296 valence electrons. The average molecular weight is 821 g/mol. The number of aromatic nitrogens is 1. The van der Waals surface area contributed by atoms with Gasteiger partial charge in [-0.3, -0.25) is 0 Å². The highest BCUT2D eigenvalue weighted by Gasteiger charge is 2.18. The SMILES string of the molecule is c1ccc2c(c#1)c1cc(-c3cccc(-c4ccc5sc6ccc(N(c7ccc(-c8ccccc8)cc7)c7ccc(C8C=CC=CC8)cc7)cc6c5c4)c3)ccc1n2-c1ccccc1. The minimum absolute atomic E-state index is 0.403. The maximum Gasteiger partial charge on any atom is 0.0631 e. The molecule has 2 heterocycles. The molecule has 11 aromatic rings. The molecular formula is C60H40N2S. The molecule has 0 bridgehead atoms. The van der Waals surface area contributed by atoms with E-state index in [-0.39, 0.29) is 0 Å². The van der Waals surface area contributed by atoms with E-state index in [0.29, 0.717) is 5.92 Å². The minimum Gasteiger partial charge on any atom is -0.310 e. The average Bonchev–Trinajstić information content (AvgIpc) is 3.90. The van der Waals surface area contributed by atoms with Crippen molar-refractivity contribution in [1.82, 2.24) is 4.57 Å². The quantitative estimate of drug-likeness (QED) is 0.148. The van der Waals surface area contributed by atoms with Gasteiger partial charge in [0, 0.05) is 54.2 Å². The zero-order chi connectivity index (χ0) is 41.7. The van der Waals surface area contributed by atoms with E-state index in [9.17, 15) is 0 Å². The fourth-order valence-electron chi connectivity index (χ4n) is 9.41. The third kappa shape index (κ3) is 6.70. The molecule has 0 N–H and O–H groups in total. The molecule has 3 heteroatoms. The molecule has 1 aliphatic rings. The summed E-state index contributed by atoms with van der Waals surface area (Å²) in [6.45, 7) is 0. The number of hydrogen-bond acceptors (Lipinski definition) is 2. The minimum atomic E-state index is 0.403. The van der Waals surface area contributed by atoms with Crippen molar-refractivity contribution in [3.63, 3.8) is 0 Å². The van der Waals surface area contributed by atoms with E-state index in [1.807, 2.05) is 17.4 Å². The molecule has 12 rings (SSSR count). The number of fused-ring (bicyclic) bond motifs is 6. The first-order valence-electron chi connectivity index (χ1n) is 21.6. The van der Waals surface area contributed by atoms with Crippen molar-refractivity contribution in [2.75, 3.05) is 4.90 Å². The van der Waals surface area contributed by atoms with Gasteiger partial charge in [0.25, 0.3) is 0 Å². The van der Waals surface area contributed by atoms with Gasteiger partial charge < -0.3 is 9.47 Å². The number of anilines is 3. The number of para-hydroxylation sites is 1. The Balaban J connectivity index is 0.925. The number of rotatable bonds is 8. The van der Waals surface area contributed by atoms with E-state index in [0.717, 1.165) is 45.6 Å². The zero-order valence-electron chi connectivity index (χ0n) is 34.4. The van der Waals surface area contributed by atoms with Crippen molar-refractivity contribution < 1.29 is 0 Å². The van der Waals surface area contributed by atoms with Crippen LogP contribution in [0.15, 0.2) is 224 Å². The van der Waals surface area contributed by atoms with Gasteiger partial charge in [0.2, 0.25) is 0 Å². The van der Waals surface area contributed by atoms with Gasteiger partial charge in [0.1, 0.15) is 0 Å². The predicted molar refractivity (Wildman–Crippen MR) is 268 cm³/mol. The van der Waals surface area contributed by atoms with Gasteiger partial charge in [-0.25, -0.2) is 0 Å². The van der Waals surface area contributed by atoms with E-state index in [1.54, 1.807) is 0 Å². The number of allylic oxidation sites excluding steroid dienone is 4. The van der Waals surface area contributed by atoms with Gasteiger partial charge in [0.15, 0.2) is 0 Å². The summed E-state index contributed by atoms with van der Waals surface area (Å²) in [5.74, 6) is 0.403. The van der Waals surface area contributed by atoms with Crippen LogP contribution in [0, 0.1) is 12.1 Å². The van der Waals surface area contributed by atoms with E-state index >= 15 is 0 Å². The lowest BCUT2D eigenvalue weighted by molar-refractivity contribution is 0.854. The fourth-order valence-corrected chi connectivity index (χ4v) is 10.5. The fraction of sp³-hybridized carbons (Fsp3) is 0.0333. The van der Waals surface area contributed by atoms with Crippen LogP contribution < -0.4 is 4.90 Å².